The molecule has 0 saturated carbocycles. The maximum absolute atomic E-state index is 11.6. The first-order valence-corrected chi connectivity index (χ1v) is 6.68. The van der Waals surface area contributed by atoms with Gasteiger partial charge >= 0.3 is 0 Å². The Morgan fingerprint density at radius 2 is 2.25 bits per heavy atom. The number of carbonyl (C=O) groups is 1. The Bertz CT molecular complexity index is 693. The third kappa shape index (κ3) is 3.22. The third-order valence-corrected chi connectivity index (χ3v) is 3.20. The van der Waals surface area contributed by atoms with Crippen molar-refractivity contribution in [1.29, 1.82) is 5.26 Å². The Morgan fingerprint density at radius 3 is 2.95 bits per heavy atom. The van der Waals surface area contributed by atoms with Gasteiger partial charge in [-0.2, -0.15) is 5.26 Å². The highest BCUT2D eigenvalue weighted by Gasteiger charge is 2.10. The summed E-state index contributed by atoms with van der Waals surface area (Å²) in [6.45, 7) is 1.67. The molecule has 0 atom stereocenters. The summed E-state index contributed by atoms with van der Waals surface area (Å²) in [5.74, 6) is 0.416. The fourth-order valence-electron chi connectivity index (χ4n) is 1.72. The second-order valence-corrected chi connectivity index (χ2v) is 5.02. The predicted octanol–water partition coefficient (Wildman–Crippen LogP) is 3.50. The molecule has 0 aliphatic rings. The number of aromatic nitrogens is 1. The lowest BCUT2D eigenvalue weighted by Gasteiger charge is -2.10. The number of ketones is 1. The molecule has 1 heterocycles. The molecule has 0 aliphatic carbocycles. The van der Waals surface area contributed by atoms with Gasteiger partial charge in [0, 0.05) is 16.2 Å². The summed E-state index contributed by atoms with van der Waals surface area (Å²) in [6, 6.07) is 10.8. The van der Waals surface area contributed by atoms with E-state index < -0.39 is 0 Å². The number of nitrogens with zero attached hydrogens (tertiary/aromatic N) is 2. The van der Waals surface area contributed by atoms with Crippen molar-refractivity contribution in [3.63, 3.8) is 0 Å². The summed E-state index contributed by atoms with van der Waals surface area (Å²) >= 11 is 3.34. The van der Waals surface area contributed by atoms with Gasteiger partial charge < -0.3 is 4.74 Å². The second-order valence-electron chi connectivity index (χ2n) is 4.11. The normalized spacial score (nSPS) is 9.85. The molecule has 0 radical (unpaired) electrons. The van der Waals surface area contributed by atoms with Crippen molar-refractivity contribution >= 4 is 21.7 Å². The summed E-state index contributed by atoms with van der Waals surface area (Å²) in [7, 11) is 0. The minimum Gasteiger partial charge on any atom is -0.488 e. The van der Waals surface area contributed by atoms with Crippen LogP contribution in [0.3, 0.4) is 0 Å². The van der Waals surface area contributed by atoms with Crippen molar-refractivity contribution in [2.24, 2.45) is 0 Å². The van der Waals surface area contributed by atoms with Crippen LogP contribution in [0.1, 0.15) is 28.5 Å². The number of Topliss-reactive ketones (excluding diaryl/α,β-unsaturated/α-hetero) is 1. The lowest BCUT2D eigenvalue weighted by Crippen LogP contribution is -2.03. The van der Waals surface area contributed by atoms with Gasteiger partial charge in [-0.05, 0) is 31.2 Å². The number of rotatable bonds is 4. The van der Waals surface area contributed by atoms with Crippen LogP contribution in [0.25, 0.3) is 0 Å². The van der Waals surface area contributed by atoms with Gasteiger partial charge in [-0.25, -0.2) is 4.98 Å². The van der Waals surface area contributed by atoms with Crippen LogP contribution in [0.2, 0.25) is 0 Å². The van der Waals surface area contributed by atoms with E-state index in [2.05, 4.69) is 20.9 Å². The van der Waals surface area contributed by atoms with Crippen LogP contribution in [-0.4, -0.2) is 10.8 Å². The van der Waals surface area contributed by atoms with E-state index in [-0.39, 0.29) is 12.4 Å². The molecule has 0 spiro atoms. The van der Waals surface area contributed by atoms with Crippen molar-refractivity contribution in [1.82, 2.24) is 4.98 Å². The first-order valence-electron chi connectivity index (χ1n) is 5.89. The van der Waals surface area contributed by atoms with E-state index in [1.54, 1.807) is 36.5 Å². The summed E-state index contributed by atoms with van der Waals surface area (Å²) < 4.78 is 6.49. The summed E-state index contributed by atoms with van der Waals surface area (Å²) in [5.41, 5.74) is 1.52. The number of carbonyl (C=O) groups excluding carboxylic acids is 1. The van der Waals surface area contributed by atoms with Crippen LogP contribution in [-0.2, 0) is 6.61 Å². The smallest absolute Gasteiger partial charge is 0.163 e. The monoisotopic (exact) mass is 330 g/mol. The fourth-order valence-corrected chi connectivity index (χ4v) is 2.06. The number of hydrogen-bond donors (Lipinski definition) is 0. The van der Waals surface area contributed by atoms with Gasteiger partial charge in [0.1, 0.15) is 24.1 Å². The highest BCUT2D eigenvalue weighted by molar-refractivity contribution is 9.10. The van der Waals surface area contributed by atoms with E-state index >= 15 is 0 Å². The number of benzene rings is 1. The molecule has 4 nitrogen and oxygen atoms in total. The molecule has 0 unspecified atom stereocenters. The standard InChI is InChI=1S/C15H11BrN2O2/c1-10(19)13-5-4-12(16)7-15(13)20-9-11-3-2-6-18-14(11)8-17/h2-7H,9H2,1H3. The average Bonchev–Trinajstić information content (AvgIpc) is 2.45. The number of nitriles is 1. The van der Waals surface area contributed by atoms with Gasteiger partial charge in [0.15, 0.2) is 5.78 Å². The SMILES string of the molecule is CC(=O)c1ccc(Br)cc1OCc1cccnc1C#N. The van der Waals surface area contributed by atoms with E-state index in [0.717, 1.165) is 4.47 Å². The molecule has 20 heavy (non-hydrogen) atoms. The number of pyridine rings is 1. The predicted molar refractivity (Wildman–Crippen MR) is 77.4 cm³/mol. The van der Waals surface area contributed by atoms with E-state index in [1.807, 2.05) is 6.07 Å². The average molecular weight is 331 g/mol. The summed E-state index contributed by atoms with van der Waals surface area (Å²) in [4.78, 5) is 15.5. The minimum absolute atomic E-state index is 0.0702. The van der Waals surface area contributed by atoms with Gasteiger partial charge in [0.2, 0.25) is 0 Å². The molecular weight excluding hydrogens is 320 g/mol. The molecule has 0 N–H and O–H groups in total. The van der Waals surface area contributed by atoms with Crippen LogP contribution in [0.15, 0.2) is 41.0 Å². The first-order chi connectivity index (χ1) is 9.61. The van der Waals surface area contributed by atoms with Gasteiger partial charge in [-0.15, -0.1) is 0 Å². The van der Waals surface area contributed by atoms with Gasteiger partial charge in [-0.1, -0.05) is 22.0 Å². The fraction of sp³-hybridized carbons (Fsp3) is 0.133. The second kappa shape index (κ2) is 6.31. The lowest BCUT2D eigenvalue weighted by atomic mass is 10.1. The minimum atomic E-state index is -0.0702. The maximum Gasteiger partial charge on any atom is 0.163 e. The van der Waals surface area contributed by atoms with Crippen molar-refractivity contribution < 1.29 is 9.53 Å². The topological polar surface area (TPSA) is 63.0 Å². The van der Waals surface area contributed by atoms with Crippen LogP contribution in [0.5, 0.6) is 5.75 Å². The number of ether oxygens (including phenoxy) is 1. The molecule has 1 aromatic carbocycles. The summed E-state index contributed by atoms with van der Waals surface area (Å²) in [6.07, 6.45) is 1.56. The molecule has 2 aromatic rings. The molecule has 0 aliphatic heterocycles. The lowest BCUT2D eigenvalue weighted by molar-refractivity contribution is 0.101. The van der Waals surface area contributed by atoms with E-state index in [9.17, 15) is 4.79 Å². The van der Waals surface area contributed by atoms with Gasteiger partial charge in [0.05, 0.1) is 5.56 Å². The molecule has 100 valence electrons. The molecule has 0 bridgehead atoms. The molecular formula is C15H11BrN2O2. The van der Waals surface area contributed by atoms with Crippen molar-refractivity contribution in [3.8, 4) is 11.8 Å². The van der Waals surface area contributed by atoms with E-state index in [0.29, 0.717) is 22.6 Å². The van der Waals surface area contributed by atoms with Crippen molar-refractivity contribution in [2.75, 3.05) is 0 Å². The molecule has 1 aromatic heterocycles. The van der Waals surface area contributed by atoms with Crippen LogP contribution < -0.4 is 4.74 Å². The summed E-state index contributed by atoms with van der Waals surface area (Å²) in [5, 5.41) is 8.97. The largest absolute Gasteiger partial charge is 0.488 e. The Morgan fingerprint density at radius 1 is 1.45 bits per heavy atom. The Labute approximate surface area is 125 Å². The Hall–Kier alpha value is -2.19. The van der Waals surface area contributed by atoms with Crippen molar-refractivity contribution in [3.05, 3.63) is 57.8 Å². The highest BCUT2D eigenvalue weighted by atomic mass is 79.9. The van der Waals surface area contributed by atoms with Crippen LogP contribution >= 0.6 is 15.9 Å². The van der Waals surface area contributed by atoms with Gasteiger partial charge in [0.25, 0.3) is 0 Å². The van der Waals surface area contributed by atoms with Crippen LogP contribution in [0, 0.1) is 11.3 Å². The number of hydrogen-bond acceptors (Lipinski definition) is 4. The highest BCUT2D eigenvalue weighted by Crippen LogP contribution is 2.25. The first kappa shape index (κ1) is 14.2. The van der Waals surface area contributed by atoms with Crippen molar-refractivity contribution in [2.45, 2.75) is 13.5 Å². The Kier molecular flexibility index (Phi) is 4.49. The zero-order chi connectivity index (χ0) is 14.5. The molecule has 5 heteroatoms. The zero-order valence-electron chi connectivity index (χ0n) is 10.8. The zero-order valence-corrected chi connectivity index (χ0v) is 12.3. The van der Waals surface area contributed by atoms with E-state index in [4.69, 9.17) is 10.00 Å². The van der Waals surface area contributed by atoms with E-state index in [1.165, 1.54) is 6.92 Å². The molecule has 2 rings (SSSR count). The molecule has 0 fully saturated rings. The Balaban J connectivity index is 2.25. The maximum atomic E-state index is 11.6. The quantitative estimate of drug-likeness (QED) is 0.805. The van der Waals surface area contributed by atoms with Gasteiger partial charge in [-0.3, -0.25) is 4.79 Å². The molecule has 0 amide bonds. The number of halogens is 1. The third-order valence-electron chi connectivity index (χ3n) is 2.70. The molecule has 0 saturated heterocycles. The van der Waals surface area contributed by atoms with Crippen LogP contribution in [0.4, 0.5) is 0 Å².